The van der Waals surface area contributed by atoms with Crippen LogP contribution in [0, 0.1) is 34.0 Å². The van der Waals surface area contributed by atoms with Gasteiger partial charge in [0, 0.05) is 12.8 Å². The van der Waals surface area contributed by atoms with Crippen LogP contribution in [0.2, 0.25) is 0 Å². The zero-order valence-corrected chi connectivity index (χ0v) is 16.5. The summed E-state index contributed by atoms with van der Waals surface area (Å²) in [5.74, 6) is -0.104. The fraction of sp³-hybridized carbons (Fsp3) is 0.818. The number of ketones is 1. The molecule has 4 heteroatoms. The summed E-state index contributed by atoms with van der Waals surface area (Å²) in [7, 11) is 0. The number of esters is 1. The standard InChI is InChI=1S/C22H32O4/c1-12-14-7-8-15-21(5)10-6-9-20(3,4)16(21)11-17(24)22(15,18(12)25)19(14)26-13(2)23/h14-17,19,24H,1,6-11H2,2-5H3/t14-,15+,16-,17-,19-,21+,22+/m1/s1. The summed E-state index contributed by atoms with van der Waals surface area (Å²) >= 11 is 0. The molecule has 4 aliphatic rings. The van der Waals surface area contributed by atoms with Gasteiger partial charge in [0.05, 0.1) is 11.5 Å². The molecule has 4 rings (SSSR count). The third-order valence-electron chi connectivity index (χ3n) is 8.69. The van der Waals surface area contributed by atoms with Gasteiger partial charge in [-0.25, -0.2) is 0 Å². The van der Waals surface area contributed by atoms with Crippen molar-refractivity contribution in [2.45, 2.75) is 78.4 Å². The van der Waals surface area contributed by atoms with Gasteiger partial charge in [0.2, 0.25) is 0 Å². The highest BCUT2D eigenvalue weighted by molar-refractivity contribution is 6.04. The van der Waals surface area contributed by atoms with Crippen molar-refractivity contribution in [2.24, 2.45) is 34.0 Å². The van der Waals surface area contributed by atoms with E-state index in [0.29, 0.717) is 17.9 Å². The molecule has 4 fully saturated rings. The molecule has 0 aromatic heterocycles. The maximum atomic E-state index is 13.5. The maximum Gasteiger partial charge on any atom is 0.302 e. The average molecular weight is 360 g/mol. The number of aliphatic hydroxyl groups excluding tert-OH is 1. The Labute approximate surface area is 156 Å². The number of fused-ring (bicyclic) bond motifs is 3. The zero-order valence-electron chi connectivity index (χ0n) is 16.5. The van der Waals surface area contributed by atoms with Crippen LogP contribution in [-0.4, -0.2) is 29.1 Å². The molecule has 0 amide bonds. The molecule has 4 saturated carbocycles. The summed E-state index contributed by atoms with van der Waals surface area (Å²) < 4.78 is 5.75. The number of carbonyl (C=O) groups excluding carboxylic acids is 2. The van der Waals surface area contributed by atoms with E-state index < -0.39 is 17.6 Å². The van der Waals surface area contributed by atoms with E-state index in [9.17, 15) is 14.7 Å². The molecule has 0 aromatic rings. The van der Waals surface area contributed by atoms with Crippen LogP contribution >= 0.6 is 0 Å². The van der Waals surface area contributed by atoms with E-state index in [1.165, 1.54) is 6.92 Å². The second-order valence-electron chi connectivity index (χ2n) is 10.2. The fourth-order valence-electron chi connectivity index (χ4n) is 7.76. The first-order valence-corrected chi connectivity index (χ1v) is 10.2. The first-order chi connectivity index (χ1) is 12.1. The van der Waals surface area contributed by atoms with E-state index >= 15 is 0 Å². The highest BCUT2D eigenvalue weighted by Crippen LogP contribution is 2.71. The number of hydrogen-bond acceptors (Lipinski definition) is 4. The van der Waals surface area contributed by atoms with E-state index in [0.717, 1.165) is 32.1 Å². The first kappa shape index (κ1) is 18.2. The molecular formula is C22H32O4. The minimum atomic E-state index is -0.982. The molecule has 0 aliphatic heterocycles. The lowest BCUT2D eigenvalue weighted by atomic mass is 9.40. The van der Waals surface area contributed by atoms with Gasteiger partial charge in [0.25, 0.3) is 0 Å². The average Bonchev–Trinajstić information content (AvgIpc) is 2.66. The van der Waals surface area contributed by atoms with Crippen molar-refractivity contribution < 1.29 is 19.4 Å². The first-order valence-electron chi connectivity index (χ1n) is 10.2. The topological polar surface area (TPSA) is 63.6 Å². The van der Waals surface area contributed by atoms with Gasteiger partial charge in [-0.2, -0.15) is 0 Å². The van der Waals surface area contributed by atoms with Crippen LogP contribution < -0.4 is 0 Å². The molecular weight excluding hydrogens is 328 g/mol. The fourth-order valence-corrected chi connectivity index (χ4v) is 7.76. The quantitative estimate of drug-likeness (QED) is 0.572. The molecule has 26 heavy (non-hydrogen) atoms. The van der Waals surface area contributed by atoms with Gasteiger partial charge in [0.1, 0.15) is 6.10 Å². The van der Waals surface area contributed by atoms with Crippen molar-refractivity contribution in [2.75, 3.05) is 0 Å². The second kappa shape index (κ2) is 5.43. The molecule has 7 atom stereocenters. The van der Waals surface area contributed by atoms with Crippen LogP contribution in [0.15, 0.2) is 12.2 Å². The Morgan fingerprint density at radius 1 is 1.19 bits per heavy atom. The highest BCUT2D eigenvalue weighted by atomic mass is 16.5. The molecule has 0 radical (unpaired) electrons. The van der Waals surface area contributed by atoms with Crippen LogP contribution in [0.1, 0.15) is 66.2 Å². The Morgan fingerprint density at radius 2 is 1.88 bits per heavy atom. The minimum absolute atomic E-state index is 0.00930. The molecule has 2 bridgehead atoms. The molecule has 144 valence electrons. The molecule has 4 nitrogen and oxygen atoms in total. The predicted octanol–water partition coefficient (Wildman–Crippen LogP) is 3.67. The molecule has 1 N–H and O–H groups in total. The smallest absolute Gasteiger partial charge is 0.302 e. The van der Waals surface area contributed by atoms with Crippen LogP contribution in [-0.2, 0) is 14.3 Å². The van der Waals surface area contributed by atoms with Gasteiger partial charge >= 0.3 is 5.97 Å². The van der Waals surface area contributed by atoms with Crippen molar-refractivity contribution in [1.82, 2.24) is 0 Å². The van der Waals surface area contributed by atoms with Crippen molar-refractivity contribution in [3.63, 3.8) is 0 Å². The lowest BCUT2D eigenvalue weighted by Crippen LogP contribution is -2.67. The molecule has 0 saturated heterocycles. The van der Waals surface area contributed by atoms with Crippen LogP contribution in [0.4, 0.5) is 0 Å². The summed E-state index contributed by atoms with van der Waals surface area (Å²) in [5.41, 5.74) is -0.272. The zero-order chi connectivity index (χ0) is 19.1. The van der Waals surface area contributed by atoms with Gasteiger partial charge in [-0.1, -0.05) is 33.8 Å². The Morgan fingerprint density at radius 3 is 2.54 bits per heavy atom. The lowest BCUT2D eigenvalue weighted by Gasteiger charge is -2.65. The maximum absolute atomic E-state index is 13.5. The summed E-state index contributed by atoms with van der Waals surface area (Å²) in [5, 5.41) is 11.4. The van der Waals surface area contributed by atoms with Gasteiger partial charge in [-0.05, 0) is 60.3 Å². The van der Waals surface area contributed by atoms with Gasteiger partial charge in [0.15, 0.2) is 5.78 Å². The number of aliphatic hydroxyl groups is 1. The minimum Gasteiger partial charge on any atom is -0.461 e. The van der Waals surface area contributed by atoms with Crippen molar-refractivity contribution in [3.8, 4) is 0 Å². The largest absolute Gasteiger partial charge is 0.461 e. The number of rotatable bonds is 1. The molecule has 0 heterocycles. The van der Waals surface area contributed by atoms with Crippen molar-refractivity contribution in [3.05, 3.63) is 12.2 Å². The lowest BCUT2D eigenvalue weighted by molar-refractivity contribution is -0.232. The van der Waals surface area contributed by atoms with Gasteiger partial charge in [-0.3, -0.25) is 9.59 Å². The van der Waals surface area contributed by atoms with Crippen molar-refractivity contribution >= 4 is 11.8 Å². The number of Topliss-reactive ketones (excluding diaryl/α,β-unsaturated/α-hetero) is 1. The Bertz CT molecular complexity index is 680. The van der Waals surface area contributed by atoms with Gasteiger partial charge < -0.3 is 9.84 Å². The Kier molecular flexibility index (Phi) is 3.81. The summed E-state index contributed by atoms with van der Waals surface area (Å²) in [6, 6.07) is 0. The van der Waals surface area contributed by atoms with E-state index in [1.54, 1.807) is 0 Å². The number of hydrogen-bond donors (Lipinski definition) is 1. The van der Waals surface area contributed by atoms with E-state index in [1.807, 2.05) is 0 Å². The van der Waals surface area contributed by atoms with E-state index in [4.69, 9.17) is 4.74 Å². The summed E-state index contributed by atoms with van der Waals surface area (Å²) in [6.45, 7) is 12.4. The molecule has 1 spiro atoms. The molecule has 0 unspecified atom stereocenters. The Hall–Kier alpha value is -1.16. The normalized spacial score (nSPS) is 49.3. The monoisotopic (exact) mass is 360 g/mol. The SMILES string of the molecule is C=C1C(=O)[C@@]23[C@H](O)C[C@@H]4C(C)(C)CCC[C@@]4(C)[C@@H]2CC[C@H]1[C@H]3OC(C)=O. The molecule has 4 aliphatic carbocycles. The number of carbonyl (C=O) groups is 2. The summed E-state index contributed by atoms with van der Waals surface area (Å²) in [4.78, 5) is 25.3. The van der Waals surface area contributed by atoms with Gasteiger partial charge in [-0.15, -0.1) is 0 Å². The Balaban J connectivity index is 1.87. The number of ether oxygens (including phenoxy) is 1. The van der Waals surface area contributed by atoms with Crippen LogP contribution in [0.3, 0.4) is 0 Å². The predicted molar refractivity (Wildman–Crippen MR) is 98.2 cm³/mol. The third-order valence-corrected chi connectivity index (χ3v) is 8.69. The third kappa shape index (κ3) is 2.00. The summed E-state index contributed by atoms with van der Waals surface area (Å²) in [6.07, 6.45) is 4.44. The van der Waals surface area contributed by atoms with E-state index in [2.05, 4.69) is 27.4 Å². The van der Waals surface area contributed by atoms with Crippen molar-refractivity contribution in [1.29, 1.82) is 0 Å². The van der Waals surface area contributed by atoms with E-state index in [-0.39, 0.29) is 34.4 Å². The molecule has 0 aromatic carbocycles. The van der Waals surface area contributed by atoms with Crippen LogP contribution in [0.25, 0.3) is 0 Å². The van der Waals surface area contributed by atoms with Crippen LogP contribution in [0.5, 0.6) is 0 Å². The highest BCUT2D eigenvalue weighted by Gasteiger charge is 2.74. The second-order valence-corrected chi connectivity index (χ2v) is 10.2.